The van der Waals surface area contributed by atoms with Crippen molar-refractivity contribution in [3.8, 4) is 17.2 Å². The number of nitrogens with zero attached hydrogens (tertiary/aromatic N) is 1. The Morgan fingerprint density at radius 2 is 1.03 bits per heavy atom. The van der Waals surface area contributed by atoms with Gasteiger partial charge in [0.15, 0.2) is 0 Å². The number of hydrogen-bond acceptors (Lipinski definition) is 12. The van der Waals surface area contributed by atoms with Gasteiger partial charge in [-0.1, -0.05) is 77.6 Å². The largest absolute Gasteiger partial charge is 0.494 e. The summed E-state index contributed by atoms with van der Waals surface area (Å²) in [7, 11) is 2.11. The molecule has 1 aliphatic heterocycles. The number of esters is 5. The van der Waals surface area contributed by atoms with Crippen molar-refractivity contribution >= 4 is 29.8 Å². The quantitative estimate of drug-likeness (QED) is 0.0307. The minimum atomic E-state index is -0.669. The van der Waals surface area contributed by atoms with Gasteiger partial charge in [0.25, 0.3) is 0 Å². The Balaban J connectivity index is 0.835. The lowest BCUT2D eigenvalue weighted by Crippen LogP contribution is -2.60. The first-order valence-electron chi connectivity index (χ1n) is 30.2. The predicted molar refractivity (Wildman–Crippen MR) is 304 cm³/mol. The lowest BCUT2D eigenvalue weighted by molar-refractivity contribution is -0.165. The van der Waals surface area contributed by atoms with E-state index in [1.54, 1.807) is 48.5 Å². The second kappa shape index (κ2) is 30.8. The van der Waals surface area contributed by atoms with Gasteiger partial charge in [-0.2, -0.15) is 0 Å². The zero-order valence-corrected chi connectivity index (χ0v) is 49.4. The van der Waals surface area contributed by atoms with Crippen LogP contribution >= 0.6 is 0 Å². The Labute approximate surface area is 464 Å². The van der Waals surface area contributed by atoms with Gasteiger partial charge in [-0.05, 0) is 206 Å². The number of likely N-dealkylation sites (tertiary alicyclic amines) is 1. The van der Waals surface area contributed by atoms with E-state index in [0.29, 0.717) is 48.7 Å². The van der Waals surface area contributed by atoms with Crippen molar-refractivity contribution in [1.29, 1.82) is 0 Å². The van der Waals surface area contributed by atoms with Crippen LogP contribution in [0.25, 0.3) is 0 Å². The molecule has 0 aromatic heterocycles. The molecule has 2 aromatic rings. The summed E-state index contributed by atoms with van der Waals surface area (Å²) in [6, 6.07) is 13.7. The number of piperidine rings is 1. The van der Waals surface area contributed by atoms with Crippen LogP contribution < -0.4 is 14.2 Å². The van der Waals surface area contributed by atoms with Gasteiger partial charge in [0.1, 0.15) is 34.6 Å². The topological polar surface area (TPSA) is 144 Å². The highest BCUT2D eigenvalue weighted by atomic mass is 16.6. The molecule has 1 heterocycles. The summed E-state index contributed by atoms with van der Waals surface area (Å²) in [4.78, 5) is 66.3. The summed E-state index contributed by atoms with van der Waals surface area (Å²) in [5.74, 6) is 2.42. The molecule has 2 aliphatic carbocycles. The molecule has 0 amide bonds. The van der Waals surface area contributed by atoms with E-state index in [0.717, 1.165) is 114 Å². The van der Waals surface area contributed by atoms with Crippen molar-refractivity contribution in [2.75, 3.05) is 13.7 Å². The van der Waals surface area contributed by atoms with E-state index in [2.05, 4.69) is 46.6 Å². The van der Waals surface area contributed by atoms with Crippen LogP contribution in [0.1, 0.15) is 252 Å². The second-order valence-electron chi connectivity index (χ2n) is 25.6. The van der Waals surface area contributed by atoms with Crippen LogP contribution in [-0.4, -0.2) is 76.8 Å². The van der Waals surface area contributed by atoms with Crippen LogP contribution in [0.15, 0.2) is 48.5 Å². The van der Waals surface area contributed by atoms with E-state index >= 15 is 0 Å². The number of hydrogen-bond donors (Lipinski definition) is 0. The summed E-state index contributed by atoms with van der Waals surface area (Å²) in [5, 5.41) is 0. The van der Waals surface area contributed by atoms with Gasteiger partial charge in [-0.3, -0.25) is 24.1 Å². The maximum atomic E-state index is 13.1. The molecule has 12 heteroatoms. The van der Waals surface area contributed by atoms with Gasteiger partial charge >= 0.3 is 29.8 Å². The summed E-state index contributed by atoms with van der Waals surface area (Å²) in [5.41, 5.74) is -0.960. The fourth-order valence-corrected chi connectivity index (χ4v) is 12.3. The minimum absolute atomic E-state index is 0.00176. The van der Waals surface area contributed by atoms with E-state index in [-0.39, 0.29) is 53.8 Å². The molecule has 0 unspecified atom stereocenters. The Kier molecular flexibility index (Phi) is 25.3. The van der Waals surface area contributed by atoms with Gasteiger partial charge in [0, 0.05) is 30.3 Å². The SMILES string of the molecule is CCCCCC1CCC(C2CCC(C(=O)Oc3ccc(OC(=O)c4ccc(OCCCCCCCCC(C)(C)OC(=O)CCCCCC(C)(C)OC(=O)CCC(=O)OC5CC(C)(C)N(C)C(C)(C)C5)cc4)cc3)CC2)CC1. The first-order valence-corrected chi connectivity index (χ1v) is 30.2. The molecule has 0 atom stereocenters. The first-order chi connectivity index (χ1) is 36.5. The number of unbranched alkanes of at least 4 members (excludes halogenated alkanes) is 9. The second-order valence-corrected chi connectivity index (χ2v) is 25.6. The number of carbonyl (C=O) groups is 5. The predicted octanol–water partition coefficient (Wildman–Crippen LogP) is 15.7. The Morgan fingerprint density at radius 3 is 1.60 bits per heavy atom. The van der Waals surface area contributed by atoms with Crippen LogP contribution in [0.2, 0.25) is 0 Å². The average Bonchev–Trinajstić information content (AvgIpc) is 3.38. The Hall–Kier alpha value is -4.45. The molecule has 12 nitrogen and oxygen atoms in total. The van der Waals surface area contributed by atoms with Crippen molar-refractivity contribution < 1.29 is 52.4 Å². The monoisotopic (exact) mass is 1070 g/mol. The molecule has 432 valence electrons. The molecule has 0 bridgehead atoms. The molecule has 5 rings (SSSR count). The number of rotatable bonds is 31. The number of carbonyl (C=O) groups excluding carboxylic acids is 5. The molecule has 2 saturated carbocycles. The molecular weight excluding hydrogens is 971 g/mol. The van der Waals surface area contributed by atoms with Crippen molar-refractivity contribution in [1.82, 2.24) is 4.90 Å². The fourth-order valence-electron chi connectivity index (χ4n) is 12.3. The third-order valence-corrected chi connectivity index (χ3v) is 17.2. The van der Waals surface area contributed by atoms with Gasteiger partial charge in [-0.15, -0.1) is 0 Å². The first kappa shape index (κ1) is 63.4. The standard InChI is InChI=1S/C65H101NO11/c1-11-12-18-23-48-25-27-49(28-26-48)50-29-31-51(32-30-50)60(70)74-54-37-39-55(40-38-54)75-61(71)52-33-35-53(36-34-52)72-45-22-16-14-13-15-20-43-64(6,7)76-58(68)24-19-17-21-44-65(8,9)77-59(69)42-41-57(67)73-56-46-62(2,3)66(10)63(4,5)47-56/h33-40,48-51,56H,11-32,41-47H2,1-10H3. The maximum Gasteiger partial charge on any atom is 0.343 e. The van der Waals surface area contributed by atoms with Crippen LogP contribution in [-0.2, 0) is 33.4 Å². The molecule has 0 N–H and O–H groups in total. The van der Waals surface area contributed by atoms with Crippen LogP contribution in [0.4, 0.5) is 0 Å². The fraction of sp³-hybridized carbons (Fsp3) is 0.738. The van der Waals surface area contributed by atoms with E-state index < -0.39 is 23.1 Å². The average molecular weight is 1070 g/mol. The highest BCUT2D eigenvalue weighted by Gasteiger charge is 2.44. The van der Waals surface area contributed by atoms with Gasteiger partial charge in [0.05, 0.1) is 30.9 Å². The van der Waals surface area contributed by atoms with Crippen LogP contribution in [0, 0.1) is 23.7 Å². The van der Waals surface area contributed by atoms with Crippen molar-refractivity contribution in [3.05, 3.63) is 54.1 Å². The third kappa shape index (κ3) is 22.7. The molecule has 3 aliphatic rings. The lowest BCUT2D eigenvalue weighted by Gasteiger charge is -2.53. The molecule has 0 radical (unpaired) electrons. The molecule has 3 fully saturated rings. The van der Waals surface area contributed by atoms with Crippen LogP contribution in [0.5, 0.6) is 17.2 Å². The van der Waals surface area contributed by atoms with Crippen molar-refractivity contribution in [2.24, 2.45) is 23.7 Å². The lowest BCUT2D eigenvalue weighted by atomic mass is 9.68. The van der Waals surface area contributed by atoms with E-state index in [1.807, 2.05) is 27.7 Å². The molecule has 77 heavy (non-hydrogen) atoms. The Bertz CT molecular complexity index is 2090. The van der Waals surface area contributed by atoms with E-state index in [9.17, 15) is 24.0 Å². The van der Waals surface area contributed by atoms with E-state index in [4.69, 9.17) is 28.4 Å². The third-order valence-electron chi connectivity index (χ3n) is 17.2. The zero-order valence-electron chi connectivity index (χ0n) is 49.4. The summed E-state index contributed by atoms with van der Waals surface area (Å²) in [6.45, 7) is 19.2. The van der Waals surface area contributed by atoms with Gasteiger partial charge in [-0.25, -0.2) is 4.79 Å². The highest BCUT2D eigenvalue weighted by molar-refractivity contribution is 5.91. The highest BCUT2D eigenvalue weighted by Crippen LogP contribution is 2.43. The summed E-state index contributed by atoms with van der Waals surface area (Å²) >= 11 is 0. The summed E-state index contributed by atoms with van der Waals surface area (Å²) in [6.07, 6.45) is 26.7. The Morgan fingerprint density at radius 1 is 0.545 bits per heavy atom. The molecule has 0 spiro atoms. The minimum Gasteiger partial charge on any atom is -0.494 e. The molecule has 1 saturated heterocycles. The molecular formula is C65H101NO11. The number of benzene rings is 2. The van der Waals surface area contributed by atoms with Gasteiger partial charge in [0.2, 0.25) is 0 Å². The smallest absolute Gasteiger partial charge is 0.343 e. The van der Waals surface area contributed by atoms with E-state index in [1.165, 1.54) is 51.4 Å². The zero-order chi connectivity index (χ0) is 56.1. The summed E-state index contributed by atoms with van der Waals surface area (Å²) < 4.78 is 34.7. The molecule has 2 aromatic carbocycles. The van der Waals surface area contributed by atoms with Gasteiger partial charge < -0.3 is 28.4 Å². The van der Waals surface area contributed by atoms with Crippen molar-refractivity contribution in [3.63, 3.8) is 0 Å². The van der Waals surface area contributed by atoms with Crippen LogP contribution in [0.3, 0.4) is 0 Å². The normalized spacial score (nSPS) is 20.9. The maximum absolute atomic E-state index is 13.1. The van der Waals surface area contributed by atoms with Crippen molar-refractivity contribution in [2.45, 2.75) is 270 Å². The number of ether oxygens (including phenoxy) is 6.